The van der Waals surface area contributed by atoms with Crippen LogP contribution in [0.4, 0.5) is 24.8 Å². The molecule has 0 radical (unpaired) electrons. The summed E-state index contributed by atoms with van der Waals surface area (Å²) in [7, 11) is 1.31. The Kier molecular flexibility index (Phi) is 5.32. The van der Waals surface area contributed by atoms with Crippen LogP contribution < -0.4 is 19.8 Å². The van der Waals surface area contributed by atoms with Crippen molar-refractivity contribution < 1.29 is 27.6 Å². The molecule has 4 aromatic rings. The van der Waals surface area contributed by atoms with E-state index in [1.165, 1.54) is 17.8 Å². The molecule has 1 aromatic carbocycles. The van der Waals surface area contributed by atoms with Gasteiger partial charge in [0, 0.05) is 18.2 Å². The highest BCUT2D eigenvalue weighted by molar-refractivity contribution is 5.77. The molecule has 0 fully saturated rings. The highest BCUT2D eigenvalue weighted by atomic mass is 19.4. The summed E-state index contributed by atoms with van der Waals surface area (Å²) in [4.78, 5) is 7.35. The molecule has 11 heteroatoms. The number of nitrogens with one attached hydrogen (secondary N) is 2. The Morgan fingerprint density at radius 1 is 1.16 bits per heavy atom. The van der Waals surface area contributed by atoms with Gasteiger partial charge in [-0.3, -0.25) is 0 Å². The zero-order valence-electron chi connectivity index (χ0n) is 16.6. The van der Waals surface area contributed by atoms with Crippen molar-refractivity contribution in [3.63, 3.8) is 0 Å². The normalized spacial score (nSPS) is 11.5. The Labute approximate surface area is 174 Å². The Bertz CT molecular complexity index is 1230. The molecular weight excluding hydrogens is 413 g/mol. The van der Waals surface area contributed by atoms with Crippen molar-refractivity contribution >= 4 is 17.2 Å². The number of fused-ring (bicyclic) bond motifs is 1. The standard InChI is InChI=1S/C20H17F3N6O2/c1-3-31-18-5-4-17-15(11-25-29(17)28-18)16-6-7-24-19(27-16)26-13-8-12(20(21,22)23)9-14(10-13)30-2/h4-11H,3H2,1-2H3,(H,24,26,27)/p+1. The van der Waals surface area contributed by atoms with Crippen LogP contribution in [0.5, 0.6) is 11.6 Å². The molecule has 2 N–H and O–H groups in total. The van der Waals surface area contributed by atoms with E-state index in [-0.39, 0.29) is 17.4 Å². The van der Waals surface area contributed by atoms with E-state index in [0.717, 1.165) is 12.1 Å². The predicted molar refractivity (Wildman–Crippen MR) is 105 cm³/mol. The van der Waals surface area contributed by atoms with E-state index < -0.39 is 11.7 Å². The van der Waals surface area contributed by atoms with Gasteiger partial charge in [-0.2, -0.15) is 18.3 Å². The number of aromatic nitrogens is 5. The van der Waals surface area contributed by atoms with Crippen LogP contribution in [-0.2, 0) is 6.18 Å². The van der Waals surface area contributed by atoms with Crippen LogP contribution in [-0.4, -0.2) is 33.5 Å². The van der Waals surface area contributed by atoms with Crippen LogP contribution >= 0.6 is 0 Å². The van der Waals surface area contributed by atoms with Gasteiger partial charge in [0.15, 0.2) is 5.69 Å². The summed E-state index contributed by atoms with van der Waals surface area (Å²) >= 11 is 0. The van der Waals surface area contributed by atoms with Gasteiger partial charge in [0.2, 0.25) is 5.88 Å². The lowest BCUT2D eigenvalue weighted by Crippen LogP contribution is -2.13. The summed E-state index contributed by atoms with van der Waals surface area (Å²) < 4.78 is 51.3. The van der Waals surface area contributed by atoms with Crippen LogP contribution in [0.3, 0.4) is 0 Å². The molecule has 160 valence electrons. The number of H-pyrrole nitrogens is 1. The zero-order valence-corrected chi connectivity index (χ0v) is 16.6. The number of rotatable bonds is 6. The van der Waals surface area contributed by atoms with E-state index in [1.807, 2.05) is 13.0 Å². The quantitative estimate of drug-likeness (QED) is 0.500. The van der Waals surface area contributed by atoms with Gasteiger partial charge in [-0.1, -0.05) is 4.98 Å². The maximum Gasteiger partial charge on any atom is 0.416 e. The lowest BCUT2D eigenvalue weighted by molar-refractivity contribution is -0.364. The van der Waals surface area contributed by atoms with Crippen molar-refractivity contribution in [2.45, 2.75) is 13.1 Å². The highest BCUT2D eigenvalue weighted by Gasteiger charge is 2.32. The van der Waals surface area contributed by atoms with Gasteiger partial charge >= 0.3 is 12.1 Å². The first-order valence-corrected chi connectivity index (χ1v) is 9.27. The summed E-state index contributed by atoms with van der Waals surface area (Å²) in [6.07, 6.45) is -1.27. The van der Waals surface area contributed by atoms with E-state index in [2.05, 4.69) is 25.5 Å². The third kappa shape index (κ3) is 4.34. The molecule has 0 atom stereocenters. The molecule has 31 heavy (non-hydrogen) atoms. The molecule has 3 heterocycles. The number of aromatic amines is 1. The Hall–Kier alpha value is -3.89. The first kappa shape index (κ1) is 20.4. The number of anilines is 2. The largest absolute Gasteiger partial charge is 0.497 e. The summed E-state index contributed by atoms with van der Waals surface area (Å²) in [5, 5.41) is 11.3. The molecule has 0 aliphatic heterocycles. The monoisotopic (exact) mass is 431 g/mol. The minimum atomic E-state index is -4.51. The fraction of sp³-hybridized carbons (Fsp3) is 0.200. The van der Waals surface area contributed by atoms with Crippen molar-refractivity contribution in [3.8, 4) is 22.9 Å². The van der Waals surface area contributed by atoms with Gasteiger partial charge in [-0.05, 0) is 25.1 Å². The number of alkyl halides is 3. The minimum Gasteiger partial charge on any atom is -0.497 e. The van der Waals surface area contributed by atoms with Crippen LogP contribution in [0.25, 0.3) is 16.8 Å². The molecule has 0 bridgehead atoms. The second-order valence-electron chi connectivity index (χ2n) is 6.43. The first-order chi connectivity index (χ1) is 14.9. The lowest BCUT2D eigenvalue weighted by atomic mass is 10.2. The van der Waals surface area contributed by atoms with Gasteiger partial charge in [0.25, 0.3) is 0 Å². The van der Waals surface area contributed by atoms with Crippen molar-refractivity contribution in [2.24, 2.45) is 0 Å². The van der Waals surface area contributed by atoms with E-state index in [4.69, 9.17) is 9.47 Å². The van der Waals surface area contributed by atoms with Crippen LogP contribution in [0.1, 0.15) is 12.5 Å². The number of benzene rings is 1. The molecule has 0 spiro atoms. The van der Waals surface area contributed by atoms with E-state index in [9.17, 15) is 13.2 Å². The molecule has 4 rings (SSSR count). The second-order valence-corrected chi connectivity index (χ2v) is 6.43. The molecule has 0 aliphatic carbocycles. The van der Waals surface area contributed by atoms with E-state index in [1.54, 1.807) is 24.5 Å². The smallest absolute Gasteiger partial charge is 0.416 e. The zero-order chi connectivity index (χ0) is 22.0. The second kappa shape index (κ2) is 8.09. The Morgan fingerprint density at radius 2 is 2.00 bits per heavy atom. The molecular formula is C20H18F3N6O2+. The third-order valence-electron chi connectivity index (χ3n) is 4.36. The lowest BCUT2D eigenvalue weighted by Gasteiger charge is -2.10. The number of nitrogens with zero attached hydrogens (tertiary/aromatic N) is 4. The topological polar surface area (TPSA) is 87.7 Å². The minimum absolute atomic E-state index is 0.0762. The fourth-order valence-corrected chi connectivity index (χ4v) is 2.98. The number of hydrogen-bond donors (Lipinski definition) is 1. The van der Waals surface area contributed by atoms with E-state index >= 15 is 0 Å². The van der Waals surface area contributed by atoms with Gasteiger partial charge in [-0.25, -0.2) is 10.3 Å². The van der Waals surface area contributed by atoms with Crippen molar-refractivity contribution in [2.75, 3.05) is 19.0 Å². The summed E-state index contributed by atoms with van der Waals surface area (Å²) in [5.74, 6) is 0.768. The molecule has 3 aromatic heterocycles. The van der Waals surface area contributed by atoms with Crippen molar-refractivity contribution in [1.29, 1.82) is 0 Å². The number of ether oxygens (including phenoxy) is 2. The van der Waals surface area contributed by atoms with Crippen LogP contribution in [0.2, 0.25) is 0 Å². The molecule has 0 unspecified atom stereocenters. The fourth-order valence-electron chi connectivity index (χ4n) is 2.98. The maximum atomic E-state index is 13.2. The number of methoxy groups -OCH3 is 1. The van der Waals surface area contributed by atoms with Crippen LogP contribution in [0, 0.1) is 0 Å². The van der Waals surface area contributed by atoms with Crippen LogP contribution in [0.15, 0.2) is 48.8 Å². The van der Waals surface area contributed by atoms with Gasteiger partial charge < -0.3 is 9.47 Å². The summed E-state index contributed by atoms with van der Waals surface area (Å²) in [5.41, 5.74) is 1.31. The van der Waals surface area contributed by atoms with E-state index in [0.29, 0.717) is 29.3 Å². The van der Waals surface area contributed by atoms with Crippen molar-refractivity contribution in [3.05, 3.63) is 54.4 Å². The molecule has 0 aliphatic rings. The molecule has 0 saturated carbocycles. The Balaban J connectivity index is 1.66. The summed E-state index contributed by atoms with van der Waals surface area (Å²) in [6.45, 7) is 2.34. The predicted octanol–water partition coefficient (Wildman–Crippen LogP) is 3.78. The van der Waals surface area contributed by atoms with Crippen molar-refractivity contribution in [1.82, 2.24) is 19.8 Å². The third-order valence-corrected chi connectivity index (χ3v) is 4.36. The number of hydrogen-bond acceptors (Lipinski definition) is 6. The highest BCUT2D eigenvalue weighted by Crippen LogP contribution is 2.34. The average Bonchev–Trinajstić information content (AvgIpc) is 3.16. The molecule has 8 nitrogen and oxygen atoms in total. The Morgan fingerprint density at radius 3 is 2.74 bits per heavy atom. The maximum absolute atomic E-state index is 13.2. The molecule has 0 amide bonds. The molecule has 0 saturated heterocycles. The SMILES string of the molecule is CCOc1ccc2c(-c3cc[nH+]c(Nc4cc(OC)cc(C(F)(F)F)c4)n3)cnn2n1. The van der Waals surface area contributed by atoms with Gasteiger partial charge in [0.1, 0.15) is 11.4 Å². The average molecular weight is 431 g/mol. The first-order valence-electron chi connectivity index (χ1n) is 9.27. The summed E-state index contributed by atoms with van der Waals surface area (Å²) in [6, 6.07) is 8.63. The van der Waals surface area contributed by atoms with Gasteiger partial charge in [0.05, 0.1) is 42.8 Å². The number of halogens is 3. The van der Waals surface area contributed by atoms with Gasteiger partial charge in [-0.15, -0.1) is 9.73 Å².